The number of carbonyl (C=O) groups excluding carboxylic acids is 1. The van der Waals surface area contributed by atoms with Crippen LogP contribution in [0.25, 0.3) is 0 Å². The number of halogens is 1. The molecule has 192 valence electrons. The molecule has 2 aromatic rings. The number of likely N-dealkylation sites (N-methyl/N-ethyl adjacent to an activating group) is 1. The molecular weight excluding hydrogens is 464 g/mol. The first-order valence-electron chi connectivity index (χ1n) is 12.6. The number of carbonyl (C=O) groups is 1. The monoisotopic (exact) mass is 502 g/mol. The average Bonchev–Trinajstić information content (AvgIpc) is 2.88. The van der Waals surface area contributed by atoms with Crippen LogP contribution in [-0.4, -0.2) is 52.5 Å². The molecular formula is C28H39ClN2O4. The van der Waals surface area contributed by atoms with Crippen LogP contribution >= 0.6 is 11.6 Å². The fourth-order valence-corrected chi connectivity index (χ4v) is 4.72. The number of benzene rings is 2. The van der Waals surface area contributed by atoms with Crippen molar-refractivity contribution in [2.75, 3.05) is 40.5 Å². The Morgan fingerprint density at radius 1 is 1.14 bits per heavy atom. The number of methoxy groups -OCH3 is 1. The number of hydrogen-bond acceptors (Lipinski definition) is 6. The van der Waals surface area contributed by atoms with Gasteiger partial charge in [0.25, 0.3) is 0 Å². The Morgan fingerprint density at radius 2 is 1.89 bits per heavy atom. The maximum absolute atomic E-state index is 11.5. The first-order valence-corrected chi connectivity index (χ1v) is 12.9. The van der Waals surface area contributed by atoms with Crippen molar-refractivity contribution in [3.8, 4) is 0 Å². The van der Waals surface area contributed by atoms with Gasteiger partial charge < -0.3 is 24.8 Å². The third-order valence-corrected chi connectivity index (χ3v) is 6.76. The molecule has 0 bridgehead atoms. The zero-order valence-corrected chi connectivity index (χ0v) is 21.7. The lowest BCUT2D eigenvalue weighted by Gasteiger charge is -2.26. The summed E-state index contributed by atoms with van der Waals surface area (Å²) in [4.78, 5) is 11.5. The molecule has 2 aromatic carbocycles. The van der Waals surface area contributed by atoms with Crippen molar-refractivity contribution in [2.24, 2.45) is 5.92 Å². The van der Waals surface area contributed by atoms with Crippen molar-refractivity contribution in [1.82, 2.24) is 10.6 Å². The predicted molar refractivity (Wildman–Crippen MR) is 140 cm³/mol. The van der Waals surface area contributed by atoms with E-state index >= 15 is 0 Å². The van der Waals surface area contributed by atoms with Crippen LogP contribution in [0.2, 0.25) is 5.02 Å². The van der Waals surface area contributed by atoms with Crippen LogP contribution in [0, 0.1) is 5.92 Å². The van der Waals surface area contributed by atoms with Gasteiger partial charge in [-0.1, -0.05) is 48.0 Å². The van der Waals surface area contributed by atoms with Gasteiger partial charge in [0.05, 0.1) is 7.11 Å². The lowest BCUT2D eigenvalue weighted by molar-refractivity contribution is -0.141. The van der Waals surface area contributed by atoms with Crippen LogP contribution in [0.4, 0.5) is 0 Å². The highest BCUT2D eigenvalue weighted by Gasteiger charge is 2.19. The molecule has 6 nitrogen and oxygen atoms in total. The van der Waals surface area contributed by atoms with Crippen LogP contribution in [0.3, 0.4) is 0 Å². The van der Waals surface area contributed by atoms with Crippen LogP contribution in [0.1, 0.15) is 54.9 Å². The topological polar surface area (TPSA) is 68.8 Å². The van der Waals surface area contributed by atoms with Crippen LogP contribution < -0.4 is 10.6 Å². The van der Waals surface area contributed by atoms with Crippen molar-refractivity contribution in [1.29, 1.82) is 0 Å². The Labute approximate surface area is 214 Å². The molecule has 1 heterocycles. The van der Waals surface area contributed by atoms with E-state index in [9.17, 15) is 4.79 Å². The van der Waals surface area contributed by atoms with E-state index in [1.807, 2.05) is 31.3 Å². The molecule has 1 saturated heterocycles. The first-order chi connectivity index (χ1) is 17.1. The molecule has 0 saturated carbocycles. The Bertz CT molecular complexity index is 904. The molecule has 0 aliphatic carbocycles. The van der Waals surface area contributed by atoms with E-state index in [0.717, 1.165) is 56.2 Å². The van der Waals surface area contributed by atoms with Gasteiger partial charge in [0.15, 0.2) is 0 Å². The van der Waals surface area contributed by atoms with Gasteiger partial charge in [-0.3, -0.25) is 4.79 Å². The van der Waals surface area contributed by atoms with E-state index in [0.29, 0.717) is 30.5 Å². The molecule has 2 N–H and O–H groups in total. The third kappa shape index (κ3) is 9.54. The van der Waals surface area contributed by atoms with E-state index in [-0.39, 0.29) is 12.1 Å². The minimum Gasteiger partial charge on any atom is -0.469 e. The maximum Gasteiger partial charge on any atom is 0.305 e. The van der Waals surface area contributed by atoms with Crippen LogP contribution in [-0.2, 0) is 25.5 Å². The van der Waals surface area contributed by atoms with E-state index < -0.39 is 0 Å². The molecule has 2 atom stereocenters. The summed E-state index contributed by atoms with van der Waals surface area (Å²) in [6.45, 7) is 3.93. The molecule has 7 heteroatoms. The molecule has 1 aliphatic rings. The van der Waals surface area contributed by atoms with Crippen molar-refractivity contribution >= 4 is 17.6 Å². The highest BCUT2D eigenvalue weighted by atomic mass is 35.5. The molecule has 0 radical (unpaired) electrons. The molecule has 1 aliphatic heterocycles. The van der Waals surface area contributed by atoms with E-state index in [4.69, 9.17) is 25.8 Å². The normalized spacial score (nSPS) is 16.1. The number of rotatable bonds is 14. The van der Waals surface area contributed by atoms with Gasteiger partial charge >= 0.3 is 5.97 Å². The number of esters is 1. The highest BCUT2D eigenvalue weighted by Crippen LogP contribution is 2.29. The number of ether oxygens (including phenoxy) is 3. The maximum atomic E-state index is 11.5. The lowest BCUT2D eigenvalue weighted by atomic mass is 9.92. The van der Waals surface area contributed by atoms with Crippen molar-refractivity contribution < 1.29 is 19.0 Å². The molecule has 0 amide bonds. The number of hydrogen-bond donors (Lipinski definition) is 2. The van der Waals surface area contributed by atoms with E-state index in [1.54, 1.807) is 0 Å². The van der Waals surface area contributed by atoms with Crippen LogP contribution in [0.15, 0.2) is 48.5 Å². The fourth-order valence-electron chi connectivity index (χ4n) is 4.52. The van der Waals surface area contributed by atoms with Gasteiger partial charge in [0, 0.05) is 50.4 Å². The van der Waals surface area contributed by atoms with Gasteiger partial charge in [-0.15, -0.1) is 0 Å². The van der Waals surface area contributed by atoms with Gasteiger partial charge in [-0.25, -0.2) is 0 Å². The fraction of sp³-hybridized carbons (Fsp3) is 0.536. The molecule has 1 fully saturated rings. The van der Waals surface area contributed by atoms with Crippen molar-refractivity contribution in [3.63, 3.8) is 0 Å². The number of nitrogens with one attached hydrogen (secondary N) is 2. The van der Waals surface area contributed by atoms with Crippen molar-refractivity contribution in [3.05, 3.63) is 70.2 Å². The molecule has 0 aromatic heterocycles. The molecule has 1 unspecified atom stereocenters. The summed E-state index contributed by atoms with van der Waals surface area (Å²) in [5.41, 5.74) is 3.26. The lowest BCUT2D eigenvalue weighted by Crippen LogP contribution is -2.38. The average molecular weight is 503 g/mol. The quantitative estimate of drug-likeness (QED) is 0.283. The first kappa shape index (κ1) is 27.6. The molecule has 35 heavy (non-hydrogen) atoms. The summed E-state index contributed by atoms with van der Waals surface area (Å²) in [5, 5.41) is 7.76. The zero-order chi connectivity index (χ0) is 24.9. The summed E-state index contributed by atoms with van der Waals surface area (Å²) in [5.74, 6) is 0.513. The summed E-state index contributed by atoms with van der Waals surface area (Å²) in [6.07, 6.45) is 4.16. The van der Waals surface area contributed by atoms with Gasteiger partial charge in [0.1, 0.15) is 6.10 Å². The predicted octanol–water partition coefficient (Wildman–Crippen LogP) is 4.89. The second-order valence-corrected chi connectivity index (χ2v) is 9.57. The second kappa shape index (κ2) is 15.2. The van der Waals surface area contributed by atoms with E-state index in [2.05, 4.69) is 34.9 Å². The second-order valence-electron chi connectivity index (χ2n) is 9.14. The minimum atomic E-state index is -0.259. The highest BCUT2D eigenvalue weighted by molar-refractivity contribution is 6.30. The van der Waals surface area contributed by atoms with Gasteiger partial charge in [-0.2, -0.15) is 0 Å². The Hall–Kier alpha value is -1.96. The summed E-state index contributed by atoms with van der Waals surface area (Å²) >= 11 is 6.27. The van der Waals surface area contributed by atoms with Gasteiger partial charge in [0.2, 0.25) is 0 Å². The van der Waals surface area contributed by atoms with Crippen LogP contribution in [0.5, 0.6) is 0 Å². The molecule has 3 rings (SSSR count). The largest absolute Gasteiger partial charge is 0.469 e. The Kier molecular flexibility index (Phi) is 12.0. The molecule has 0 spiro atoms. The SMILES string of the molecule is CNC(CNCc1cccc([C@H](OCCCC(=O)OC)c2cccc(Cl)c2)c1)CC1CCOCC1. The summed E-state index contributed by atoms with van der Waals surface area (Å²) in [6, 6.07) is 16.7. The van der Waals surface area contributed by atoms with Crippen molar-refractivity contribution in [2.45, 2.75) is 50.8 Å². The minimum absolute atomic E-state index is 0.224. The van der Waals surface area contributed by atoms with E-state index in [1.165, 1.54) is 19.1 Å². The Morgan fingerprint density at radius 3 is 2.60 bits per heavy atom. The standard InChI is InChI=1S/C28H39ClN2O4/c1-30-26(17-21-11-14-34-15-12-21)20-31-19-22-6-3-7-23(16-22)28(24-8-4-9-25(29)18-24)35-13-5-10-27(32)33-2/h3-4,6-9,16,18,21,26,28,30-31H,5,10-15,17,19-20H2,1-2H3/t26?,28-/m0/s1. The third-order valence-electron chi connectivity index (χ3n) is 6.53. The Balaban J connectivity index is 1.60. The summed E-state index contributed by atoms with van der Waals surface area (Å²) in [7, 11) is 3.45. The van der Waals surface area contributed by atoms with Gasteiger partial charge in [-0.05, 0) is 67.5 Å². The zero-order valence-electron chi connectivity index (χ0n) is 20.9. The smallest absolute Gasteiger partial charge is 0.305 e. The summed E-state index contributed by atoms with van der Waals surface area (Å²) < 4.78 is 16.5.